The molecule has 0 aromatic heterocycles. The molecule has 0 amide bonds. The number of benzene rings is 2. The molecule has 0 radical (unpaired) electrons. The van der Waals surface area contributed by atoms with E-state index >= 15 is 0 Å². The van der Waals surface area contributed by atoms with E-state index < -0.39 is 6.17 Å². The van der Waals surface area contributed by atoms with Gasteiger partial charge in [0.15, 0.2) is 0 Å². The van der Waals surface area contributed by atoms with Crippen LogP contribution in [0.15, 0.2) is 36.4 Å². The van der Waals surface area contributed by atoms with Gasteiger partial charge in [-0.15, -0.1) is 0 Å². The number of halogens is 1. The molecule has 0 aliphatic carbocycles. The minimum Gasteiger partial charge on any atom is -0.497 e. The predicted octanol–water partition coefficient (Wildman–Crippen LogP) is 3.84. The third-order valence-corrected chi connectivity index (χ3v) is 3.87. The normalized spacial score (nSPS) is 10.6. The van der Waals surface area contributed by atoms with Gasteiger partial charge in [0.25, 0.3) is 0 Å². The highest BCUT2D eigenvalue weighted by atomic mass is 19.1. The standard InChI is InChI=1S/C19H23FO4/c1-21-16-7-5-13(18(11-16)23-3)9-15(20)10-14-6-8-17(22-2)12-19(14)24-4/h5-8,11-12,15H,9-10H2,1-4H3. The van der Waals surface area contributed by atoms with Gasteiger partial charge in [-0.1, -0.05) is 12.1 Å². The zero-order chi connectivity index (χ0) is 17.5. The fraction of sp³-hybridized carbons (Fsp3) is 0.368. The van der Waals surface area contributed by atoms with Gasteiger partial charge in [-0.25, -0.2) is 4.39 Å². The van der Waals surface area contributed by atoms with Gasteiger partial charge in [0.1, 0.15) is 29.2 Å². The third kappa shape index (κ3) is 4.31. The molecule has 0 bridgehead atoms. The first-order chi connectivity index (χ1) is 11.6. The number of methoxy groups -OCH3 is 4. The molecule has 0 unspecified atom stereocenters. The monoisotopic (exact) mass is 334 g/mol. The van der Waals surface area contributed by atoms with Gasteiger partial charge in [0.2, 0.25) is 0 Å². The van der Waals surface area contributed by atoms with Crippen LogP contribution >= 0.6 is 0 Å². The van der Waals surface area contributed by atoms with Crippen molar-refractivity contribution >= 4 is 0 Å². The first-order valence-corrected chi connectivity index (χ1v) is 7.67. The summed E-state index contributed by atoms with van der Waals surface area (Å²) >= 11 is 0. The van der Waals surface area contributed by atoms with Crippen molar-refractivity contribution in [2.75, 3.05) is 28.4 Å². The summed E-state index contributed by atoms with van der Waals surface area (Å²) in [5.74, 6) is 2.61. The van der Waals surface area contributed by atoms with Crippen LogP contribution in [0.5, 0.6) is 23.0 Å². The molecule has 0 spiro atoms. The highest BCUT2D eigenvalue weighted by molar-refractivity contribution is 5.43. The summed E-state index contributed by atoms with van der Waals surface area (Å²) in [6, 6.07) is 10.8. The van der Waals surface area contributed by atoms with Crippen LogP contribution < -0.4 is 18.9 Å². The molecule has 0 saturated carbocycles. The summed E-state index contributed by atoms with van der Waals surface area (Å²) in [4.78, 5) is 0. The Morgan fingerprint density at radius 2 is 1.12 bits per heavy atom. The van der Waals surface area contributed by atoms with Crippen LogP contribution in [0.4, 0.5) is 4.39 Å². The molecule has 2 aromatic rings. The van der Waals surface area contributed by atoms with Crippen molar-refractivity contribution in [3.05, 3.63) is 47.5 Å². The zero-order valence-electron chi connectivity index (χ0n) is 14.5. The topological polar surface area (TPSA) is 36.9 Å². The molecule has 0 N–H and O–H groups in total. The second-order valence-corrected chi connectivity index (χ2v) is 5.36. The molecule has 0 heterocycles. The van der Waals surface area contributed by atoms with E-state index in [1.54, 1.807) is 52.7 Å². The highest BCUT2D eigenvalue weighted by Crippen LogP contribution is 2.29. The second-order valence-electron chi connectivity index (χ2n) is 5.36. The smallest absolute Gasteiger partial charge is 0.125 e. The Labute approximate surface area is 142 Å². The van der Waals surface area contributed by atoms with Gasteiger partial charge in [0, 0.05) is 25.0 Å². The molecule has 24 heavy (non-hydrogen) atoms. The fourth-order valence-corrected chi connectivity index (χ4v) is 2.59. The molecule has 4 nitrogen and oxygen atoms in total. The van der Waals surface area contributed by atoms with Crippen LogP contribution in [0.25, 0.3) is 0 Å². The fourth-order valence-electron chi connectivity index (χ4n) is 2.59. The summed E-state index contributed by atoms with van der Waals surface area (Å²) in [5.41, 5.74) is 1.61. The molecule has 0 aliphatic rings. The maximum Gasteiger partial charge on any atom is 0.125 e. The average Bonchev–Trinajstić information content (AvgIpc) is 2.62. The molecule has 0 aliphatic heterocycles. The summed E-state index contributed by atoms with van der Waals surface area (Å²) < 4.78 is 35.6. The Kier molecular flexibility index (Phi) is 6.29. The summed E-state index contributed by atoms with van der Waals surface area (Å²) in [5, 5.41) is 0. The zero-order valence-corrected chi connectivity index (χ0v) is 14.5. The molecule has 0 saturated heterocycles. The minimum atomic E-state index is -1.06. The van der Waals surface area contributed by atoms with E-state index in [2.05, 4.69) is 0 Å². The maximum atomic E-state index is 14.6. The van der Waals surface area contributed by atoms with Crippen molar-refractivity contribution in [2.45, 2.75) is 19.0 Å². The molecule has 2 aromatic carbocycles. The molecule has 5 heteroatoms. The van der Waals surface area contributed by atoms with Crippen LogP contribution in [0.3, 0.4) is 0 Å². The lowest BCUT2D eigenvalue weighted by atomic mass is 10.0. The van der Waals surface area contributed by atoms with Crippen LogP contribution in [-0.2, 0) is 12.8 Å². The number of hydrogen-bond donors (Lipinski definition) is 0. The van der Waals surface area contributed by atoms with Gasteiger partial charge in [-0.2, -0.15) is 0 Å². The molecule has 0 atom stereocenters. The molecule has 130 valence electrons. The number of ether oxygens (including phenoxy) is 4. The Balaban J connectivity index is 2.12. The van der Waals surface area contributed by atoms with Crippen LogP contribution in [0, 0.1) is 0 Å². The van der Waals surface area contributed by atoms with Crippen LogP contribution in [0.1, 0.15) is 11.1 Å². The van der Waals surface area contributed by atoms with Crippen LogP contribution in [-0.4, -0.2) is 34.6 Å². The summed E-state index contributed by atoms with van der Waals surface area (Å²) in [6.45, 7) is 0. The minimum absolute atomic E-state index is 0.252. The average molecular weight is 334 g/mol. The lowest BCUT2D eigenvalue weighted by molar-refractivity contribution is 0.317. The van der Waals surface area contributed by atoms with Crippen LogP contribution in [0.2, 0.25) is 0 Å². The van der Waals surface area contributed by atoms with E-state index in [9.17, 15) is 4.39 Å². The Hall–Kier alpha value is -2.43. The van der Waals surface area contributed by atoms with Gasteiger partial charge >= 0.3 is 0 Å². The van der Waals surface area contributed by atoms with Gasteiger partial charge in [-0.05, 0) is 23.3 Å². The summed E-state index contributed by atoms with van der Waals surface area (Å²) in [7, 11) is 6.31. The van der Waals surface area contributed by atoms with Crippen molar-refractivity contribution in [1.82, 2.24) is 0 Å². The Bertz CT molecular complexity index is 615. The molecule has 0 fully saturated rings. The first-order valence-electron chi connectivity index (χ1n) is 7.67. The van der Waals surface area contributed by atoms with E-state index in [-0.39, 0.29) is 12.8 Å². The molecular weight excluding hydrogens is 311 g/mol. The van der Waals surface area contributed by atoms with Crippen molar-refractivity contribution < 1.29 is 23.3 Å². The van der Waals surface area contributed by atoms with Gasteiger partial charge in [-0.3, -0.25) is 0 Å². The third-order valence-electron chi connectivity index (χ3n) is 3.87. The van der Waals surface area contributed by atoms with E-state index in [0.717, 1.165) is 11.1 Å². The number of hydrogen-bond acceptors (Lipinski definition) is 4. The number of rotatable bonds is 8. The van der Waals surface area contributed by atoms with E-state index in [0.29, 0.717) is 23.0 Å². The Morgan fingerprint density at radius 3 is 1.46 bits per heavy atom. The van der Waals surface area contributed by atoms with E-state index in [1.165, 1.54) is 0 Å². The molecule has 2 rings (SSSR count). The largest absolute Gasteiger partial charge is 0.497 e. The van der Waals surface area contributed by atoms with Crippen molar-refractivity contribution in [2.24, 2.45) is 0 Å². The van der Waals surface area contributed by atoms with Crippen molar-refractivity contribution in [1.29, 1.82) is 0 Å². The second kappa shape index (κ2) is 8.43. The van der Waals surface area contributed by atoms with E-state index in [4.69, 9.17) is 18.9 Å². The molecular formula is C19H23FO4. The first kappa shape index (κ1) is 17.9. The van der Waals surface area contributed by atoms with Crippen molar-refractivity contribution in [3.8, 4) is 23.0 Å². The maximum absolute atomic E-state index is 14.6. The lowest BCUT2D eigenvalue weighted by Gasteiger charge is -2.15. The SMILES string of the molecule is COc1ccc(CC(F)Cc2ccc(OC)cc2OC)c(OC)c1. The lowest BCUT2D eigenvalue weighted by Crippen LogP contribution is -2.10. The summed E-state index contributed by atoms with van der Waals surface area (Å²) in [6.07, 6.45) is -0.556. The Morgan fingerprint density at radius 1 is 0.708 bits per heavy atom. The quantitative estimate of drug-likeness (QED) is 0.735. The van der Waals surface area contributed by atoms with E-state index in [1.807, 2.05) is 12.1 Å². The highest BCUT2D eigenvalue weighted by Gasteiger charge is 2.16. The van der Waals surface area contributed by atoms with Gasteiger partial charge < -0.3 is 18.9 Å². The number of alkyl halides is 1. The van der Waals surface area contributed by atoms with Gasteiger partial charge in [0.05, 0.1) is 28.4 Å². The van der Waals surface area contributed by atoms with Crippen molar-refractivity contribution in [3.63, 3.8) is 0 Å². The predicted molar refractivity (Wildman–Crippen MR) is 91.4 cm³/mol.